The van der Waals surface area contributed by atoms with Gasteiger partial charge in [0.2, 0.25) is 0 Å². The number of pyridine rings is 1. The number of aryl methyl sites for hydroxylation is 1. The molecule has 0 fully saturated rings. The van der Waals surface area contributed by atoms with Crippen molar-refractivity contribution in [3.8, 4) is 0 Å². The second-order valence-electron chi connectivity index (χ2n) is 6.18. The Kier molecular flexibility index (Phi) is 3.34. The number of aromatic nitrogens is 1. The average molecular weight is 297 g/mol. The van der Waals surface area contributed by atoms with E-state index in [0.717, 1.165) is 5.52 Å². The van der Waals surface area contributed by atoms with Gasteiger partial charge in [0.05, 0.1) is 11.2 Å². The van der Waals surface area contributed by atoms with Crippen LogP contribution in [0, 0.1) is 6.92 Å². The van der Waals surface area contributed by atoms with E-state index in [2.05, 4.69) is 86.6 Å². The Labute approximate surface area is 136 Å². The first-order valence-electron chi connectivity index (χ1n) is 8.08. The lowest BCUT2D eigenvalue weighted by molar-refractivity contribution is 0.868. The molecule has 0 saturated carbocycles. The fourth-order valence-electron chi connectivity index (χ4n) is 3.37. The maximum atomic E-state index is 5.08. The van der Waals surface area contributed by atoms with Gasteiger partial charge in [0.25, 0.3) is 0 Å². The molecule has 1 nitrogen and oxygen atoms in total. The summed E-state index contributed by atoms with van der Waals surface area (Å²) in [6.45, 7) is 4.40. The minimum Gasteiger partial charge on any atom is -0.251 e. The molecular formula is C22H19N. The Hall–Kier alpha value is -2.67. The first kappa shape index (κ1) is 14.0. The predicted molar refractivity (Wildman–Crippen MR) is 97.9 cm³/mol. The van der Waals surface area contributed by atoms with Crippen molar-refractivity contribution in [2.75, 3.05) is 0 Å². The molecule has 3 aromatic carbocycles. The van der Waals surface area contributed by atoms with Crippen LogP contribution in [0.5, 0.6) is 0 Å². The standard InChI is InChI=1S/C22H19N/c1-15-14-19-13-12-18-10-6-7-11-20(18)22(19)23-21(15)16(2)17-8-4-3-5-9-17/h3-14,16H,1-2H3. The van der Waals surface area contributed by atoms with Crippen LogP contribution in [0.25, 0.3) is 21.7 Å². The molecule has 4 rings (SSSR count). The largest absolute Gasteiger partial charge is 0.251 e. The van der Waals surface area contributed by atoms with Gasteiger partial charge >= 0.3 is 0 Å². The van der Waals surface area contributed by atoms with Crippen molar-refractivity contribution in [3.63, 3.8) is 0 Å². The van der Waals surface area contributed by atoms with Crippen LogP contribution in [-0.2, 0) is 0 Å². The summed E-state index contributed by atoms with van der Waals surface area (Å²) in [5.74, 6) is 0.291. The number of hydrogen-bond donors (Lipinski definition) is 0. The van der Waals surface area contributed by atoms with E-state index in [1.54, 1.807) is 0 Å². The molecule has 0 aliphatic heterocycles. The summed E-state index contributed by atoms with van der Waals surface area (Å²) in [6.07, 6.45) is 0. The van der Waals surface area contributed by atoms with Crippen molar-refractivity contribution in [2.24, 2.45) is 0 Å². The zero-order chi connectivity index (χ0) is 15.8. The van der Waals surface area contributed by atoms with E-state index >= 15 is 0 Å². The van der Waals surface area contributed by atoms with Crippen molar-refractivity contribution in [2.45, 2.75) is 19.8 Å². The SMILES string of the molecule is Cc1cc2ccc3ccccc3c2nc1C(C)c1ccccc1. The molecule has 4 aromatic rings. The average Bonchev–Trinajstić information content (AvgIpc) is 2.61. The van der Waals surface area contributed by atoms with Crippen LogP contribution in [0.3, 0.4) is 0 Å². The van der Waals surface area contributed by atoms with Gasteiger partial charge in [-0.3, -0.25) is 4.98 Å². The zero-order valence-corrected chi connectivity index (χ0v) is 13.5. The highest BCUT2D eigenvalue weighted by molar-refractivity contribution is 6.05. The van der Waals surface area contributed by atoms with Crippen LogP contribution in [-0.4, -0.2) is 4.98 Å². The molecule has 0 radical (unpaired) electrons. The van der Waals surface area contributed by atoms with E-state index < -0.39 is 0 Å². The Bertz CT molecular complexity index is 987. The lowest BCUT2D eigenvalue weighted by atomic mass is 9.93. The van der Waals surface area contributed by atoms with Gasteiger partial charge < -0.3 is 0 Å². The van der Waals surface area contributed by atoms with Crippen LogP contribution in [0.2, 0.25) is 0 Å². The Morgan fingerprint density at radius 3 is 2.30 bits per heavy atom. The molecule has 0 amide bonds. The van der Waals surface area contributed by atoms with Crippen molar-refractivity contribution < 1.29 is 0 Å². The van der Waals surface area contributed by atoms with Gasteiger partial charge in [-0.05, 0) is 29.5 Å². The van der Waals surface area contributed by atoms with Crippen LogP contribution in [0.15, 0.2) is 72.8 Å². The topological polar surface area (TPSA) is 12.9 Å². The number of benzene rings is 3. The highest BCUT2D eigenvalue weighted by Crippen LogP contribution is 2.30. The summed E-state index contributed by atoms with van der Waals surface area (Å²) in [4.78, 5) is 5.08. The van der Waals surface area contributed by atoms with E-state index in [9.17, 15) is 0 Å². The molecule has 1 unspecified atom stereocenters. The normalized spacial score (nSPS) is 12.6. The van der Waals surface area contributed by atoms with Gasteiger partial charge in [-0.1, -0.05) is 73.7 Å². The molecule has 0 saturated heterocycles. The molecule has 23 heavy (non-hydrogen) atoms. The summed E-state index contributed by atoms with van der Waals surface area (Å²) in [6, 6.07) is 25.7. The number of hydrogen-bond acceptors (Lipinski definition) is 1. The predicted octanol–water partition coefficient (Wildman–Crippen LogP) is 5.85. The lowest BCUT2D eigenvalue weighted by Crippen LogP contribution is -2.02. The van der Waals surface area contributed by atoms with Crippen molar-refractivity contribution in [3.05, 3.63) is 89.6 Å². The maximum Gasteiger partial charge on any atom is 0.0784 e. The van der Waals surface area contributed by atoms with Gasteiger partial charge in [-0.15, -0.1) is 0 Å². The molecule has 1 aromatic heterocycles. The second kappa shape index (κ2) is 5.51. The summed E-state index contributed by atoms with van der Waals surface area (Å²) >= 11 is 0. The van der Waals surface area contributed by atoms with Gasteiger partial charge in [0.15, 0.2) is 0 Å². The lowest BCUT2D eigenvalue weighted by Gasteiger charge is -2.16. The molecule has 1 heterocycles. The van der Waals surface area contributed by atoms with E-state index in [4.69, 9.17) is 4.98 Å². The van der Waals surface area contributed by atoms with Gasteiger partial charge in [-0.2, -0.15) is 0 Å². The number of fused-ring (bicyclic) bond motifs is 3. The van der Waals surface area contributed by atoms with E-state index in [-0.39, 0.29) is 0 Å². The Morgan fingerprint density at radius 2 is 1.48 bits per heavy atom. The monoisotopic (exact) mass is 297 g/mol. The third-order valence-corrected chi connectivity index (χ3v) is 4.65. The Morgan fingerprint density at radius 1 is 0.783 bits per heavy atom. The molecule has 112 valence electrons. The van der Waals surface area contributed by atoms with Crippen LogP contribution >= 0.6 is 0 Å². The van der Waals surface area contributed by atoms with Crippen LogP contribution in [0.4, 0.5) is 0 Å². The number of rotatable bonds is 2. The first-order valence-corrected chi connectivity index (χ1v) is 8.08. The molecule has 0 aliphatic carbocycles. The molecule has 0 spiro atoms. The summed E-state index contributed by atoms with van der Waals surface area (Å²) in [7, 11) is 0. The maximum absolute atomic E-state index is 5.08. The Balaban J connectivity index is 1.97. The first-order chi connectivity index (χ1) is 11.2. The van der Waals surface area contributed by atoms with Crippen molar-refractivity contribution >= 4 is 21.7 Å². The van der Waals surface area contributed by atoms with E-state index in [0.29, 0.717) is 5.92 Å². The van der Waals surface area contributed by atoms with E-state index in [1.165, 1.54) is 33.0 Å². The van der Waals surface area contributed by atoms with Gasteiger partial charge in [0.1, 0.15) is 0 Å². The summed E-state index contributed by atoms with van der Waals surface area (Å²) in [5.41, 5.74) is 4.83. The zero-order valence-electron chi connectivity index (χ0n) is 13.5. The fourth-order valence-corrected chi connectivity index (χ4v) is 3.37. The number of nitrogens with zero attached hydrogens (tertiary/aromatic N) is 1. The molecule has 0 aliphatic rings. The quantitative estimate of drug-likeness (QED) is 0.423. The molecule has 0 N–H and O–H groups in total. The minimum atomic E-state index is 0.291. The van der Waals surface area contributed by atoms with Gasteiger partial charge in [-0.25, -0.2) is 0 Å². The van der Waals surface area contributed by atoms with Gasteiger partial charge in [0, 0.05) is 16.7 Å². The molecular weight excluding hydrogens is 278 g/mol. The van der Waals surface area contributed by atoms with Crippen LogP contribution < -0.4 is 0 Å². The van der Waals surface area contributed by atoms with E-state index in [1.807, 2.05) is 0 Å². The van der Waals surface area contributed by atoms with Crippen molar-refractivity contribution in [1.29, 1.82) is 0 Å². The highest BCUT2D eigenvalue weighted by atomic mass is 14.7. The summed E-state index contributed by atoms with van der Waals surface area (Å²) < 4.78 is 0. The molecule has 1 atom stereocenters. The third kappa shape index (κ3) is 2.39. The fraction of sp³-hybridized carbons (Fsp3) is 0.136. The van der Waals surface area contributed by atoms with Crippen molar-refractivity contribution in [1.82, 2.24) is 4.98 Å². The molecule has 0 bridgehead atoms. The smallest absolute Gasteiger partial charge is 0.0784 e. The third-order valence-electron chi connectivity index (χ3n) is 4.65. The minimum absolute atomic E-state index is 0.291. The molecule has 1 heteroatoms. The summed E-state index contributed by atoms with van der Waals surface area (Å²) in [5, 5.41) is 3.69. The second-order valence-corrected chi connectivity index (χ2v) is 6.18. The highest BCUT2D eigenvalue weighted by Gasteiger charge is 2.14. The van der Waals surface area contributed by atoms with Crippen LogP contribution in [0.1, 0.15) is 29.7 Å².